The van der Waals surface area contributed by atoms with Gasteiger partial charge in [0.15, 0.2) is 0 Å². The highest BCUT2D eigenvalue weighted by atomic mass is 16.5. The second-order valence-electron chi connectivity index (χ2n) is 6.56. The molecule has 1 N–H and O–H groups in total. The zero-order valence-corrected chi connectivity index (χ0v) is 13.4. The van der Waals surface area contributed by atoms with Gasteiger partial charge in [-0.3, -0.25) is 4.90 Å². The van der Waals surface area contributed by atoms with Gasteiger partial charge in [0.2, 0.25) is 0 Å². The third-order valence-corrected chi connectivity index (χ3v) is 3.92. The molecule has 3 heteroatoms. The quantitative estimate of drug-likeness (QED) is 0.719. The average molecular weight is 291 g/mol. The van der Waals surface area contributed by atoms with Gasteiger partial charge in [-0.05, 0) is 37.3 Å². The minimum absolute atomic E-state index is 0.388. The van der Waals surface area contributed by atoms with Crippen molar-refractivity contribution in [2.75, 3.05) is 19.7 Å². The van der Waals surface area contributed by atoms with Crippen LogP contribution in [0.4, 0.5) is 0 Å². The number of aliphatic hydroxyl groups is 1. The molecule has 1 atom stereocenters. The zero-order chi connectivity index (χ0) is 15.1. The Labute approximate surface area is 128 Å². The van der Waals surface area contributed by atoms with Crippen molar-refractivity contribution in [2.24, 2.45) is 5.92 Å². The Morgan fingerprint density at radius 2 is 1.95 bits per heavy atom. The maximum atomic E-state index is 10.2. The zero-order valence-electron chi connectivity index (χ0n) is 13.4. The summed E-state index contributed by atoms with van der Waals surface area (Å²) in [6, 6.07) is 10.8. The number of ether oxygens (including phenoxy) is 1. The number of benzene rings is 1. The van der Waals surface area contributed by atoms with Crippen molar-refractivity contribution in [3.63, 3.8) is 0 Å². The van der Waals surface area contributed by atoms with Crippen molar-refractivity contribution in [2.45, 2.75) is 51.9 Å². The number of nitrogens with zero attached hydrogens (tertiary/aromatic N) is 1. The Balaban J connectivity index is 1.66. The monoisotopic (exact) mass is 291 g/mol. The minimum Gasteiger partial charge on any atom is -0.389 e. The SMILES string of the molecule is CC(C)CCN(CC(O)COCc1ccccc1)C1CC1. The topological polar surface area (TPSA) is 32.7 Å². The van der Waals surface area contributed by atoms with E-state index in [0.717, 1.165) is 24.6 Å². The van der Waals surface area contributed by atoms with Crippen LogP contribution in [0.3, 0.4) is 0 Å². The average Bonchev–Trinajstić information content (AvgIpc) is 3.29. The Kier molecular flexibility index (Phi) is 6.68. The van der Waals surface area contributed by atoms with Crippen molar-refractivity contribution < 1.29 is 9.84 Å². The molecule has 1 aromatic carbocycles. The summed E-state index contributed by atoms with van der Waals surface area (Å²) in [5.41, 5.74) is 1.16. The molecule has 1 unspecified atom stereocenters. The van der Waals surface area contributed by atoms with Crippen molar-refractivity contribution in [1.82, 2.24) is 4.90 Å². The van der Waals surface area contributed by atoms with Gasteiger partial charge in [-0.25, -0.2) is 0 Å². The molecule has 2 rings (SSSR count). The molecule has 118 valence electrons. The van der Waals surface area contributed by atoms with Crippen LogP contribution in [0.5, 0.6) is 0 Å². The largest absolute Gasteiger partial charge is 0.389 e. The molecule has 1 saturated carbocycles. The molecule has 1 aliphatic carbocycles. The molecular formula is C18H29NO2. The maximum absolute atomic E-state index is 10.2. The van der Waals surface area contributed by atoms with E-state index in [4.69, 9.17) is 4.74 Å². The number of hydrogen-bond acceptors (Lipinski definition) is 3. The van der Waals surface area contributed by atoms with Crippen LogP contribution in [0.1, 0.15) is 38.7 Å². The van der Waals surface area contributed by atoms with Crippen LogP contribution in [0, 0.1) is 5.92 Å². The van der Waals surface area contributed by atoms with Crippen molar-refractivity contribution in [3.05, 3.63) is 35.9 Å². The van der Waals surface area contributed by atoms with E-state index in [1.54, 1.807) is 0 Å². The highest BCUT2D eigenvalue weighted by Crippen LogP contribution is 2.27. The molecule has 1 aromatic rings. The first kappa shape index (κ1) is 16.5. The molecule has 3 nitrogen and oxygen atoms in total. The third-order valence-electron chi connectivity index (χ3n) is 3.92. The number of hydrogen-bond donors (Lipinski definition) is 1. The molecule has 0 saturated heterocycles. The lowest BCUT2D eigenvalue weighted by Gasteiger charge is -2.25. The summed E-state index contributed by atoms with van der Waals surface area (Å²) in [6.45, 7) is 7.34. The molecule has 0 radical (unpaired) electrons. The molecule has 21 heavy (non-hydrogen) atoms. The van der Waals surface area contributed by atoms with E-state index in [1.807, 2.05) is 30.3 Å². The summed E-state index contributed by atoms with van der Waals surface area (Å²) < 4.78 is 5.63. The third kappa shape index (κ3) is 6.60. The Hall–Kier alpha value is -0.900. The van der Waals surface area contributed by atoms with Crippen LogP contribution in [0.15, 0.2) is 30.3 Å². The molecule has 0 bridgehead atoms. The molecule has 0 aliphatic heterocycles. The van der Waals surface area contributed by atoms with Crippen LogP contribution in [-0.2, 0) is 11.3 Å². The first-order valence-electron chi connectivity index (χ1n) is 8.19. The second-order valence-corrected chi connectivity index (χ2v) is 6.56. The van der Waals surface area contributed by atoms with E-state index >= 15 is 0 Å². The molecule has 0 amide bonds. The van der Waals surface area contributed by atoms with E-state index in [-0.39, 0.29) is 6.10 Å². The van der Waals surface area contributed by atoms with Crippen molar-refractivity contribution in [3.8, 4) is 0 Å². The van der Waals surface area contributed by atoms with E-state index in [2.05, 4.69) is 18.7 Å². The predicted octanol–water partition coefficient (Wildman–Crippen LogP) is 3.07. The first-order chi connectivity index (χ1) is 10.1. The first-order valence-corrected chi connectivity index (χ1v) is 8.19. The van der Waals surface area contributed by atoms with Crippen LogP contribution in [0.2, 0.25) is 0 Å². The summed E-state index contributed by atoms with van der Waals surface area (Å²) in [7, 11) is 0. The summed E-state index contributed by atoms with van der Waals surface area (Å²) in [6.07, 6.45) is 3.39. The number of aliphatic hydroxyl groups excluding tert-OH is 1. The standard InChI is InChI=1S/C18H29NO2/c1-15(2)10-11-19(17-8-9-17)12-18(20)14-21-13-16-6-4-3-5-7-16/h3-7,15,17-18,20H,8-14H2,1-2H3. The maximum Gasteiger partial charge on any atom is 0.0900 e. The van der Waals surface area contributed by atoms with Crippen LogP contribution in [-0.4, -0.2) is 41.8 Å². The van der Waals surface area contributed by atoms with Gasteiger partial charge in [-0.1, -0.05) is 44.2 Å². The van der Waals surface area contributed by atoms with Crippen LogP contribution < -0.4 is 0 Å². The fourth-order valence-electron chi connectivity index (χ4n) is 2.50. The fraction of sp³-hybridized carbons (Fsp3) is 0.667. The molecule has 1 aliphatic rings. The summed E-state index contributed by atoms with van der Waals surface area (Å²) in [4.78, 5) is 2.44. The summed E-state index contributed by atoms with van der Waals surface area (Å²) in [5.74, 6) is 0.720. The normalized spacial score (nSPS) is 16.6. The van der Waals surface area contributed by atoms with E-state index in [0.29, 0.717) is 19.3 Å². The van der Waals surface area contributed by atoms with Crippen molar-refractivity contribution >= 4 is 0 Å². The van der Waals surface area contributed by atoms with Gasteiger partial charge in [-0.15, -0.1) is 0 Å². The van der Waals surface area contributed by atoms with Crippen LogP contribution in [0.25, 0.3) is 0 Å². The van der Waals surface area contributed by atoms with Gasteiger partial charge in [0.25, 0.3) is 0 Å². The van der Waals surface area contributed by atoms with Gasteiger partial charge in [0.05, 0.1) is 19.3 Å². The highest BCUT2D eigenvalue weighted by molar-refractivity contribution is 5.13. The second kappa shape index (κ2) is 8.52. The molecule has 0 heterocycles. The highest BCUT2D eigenvalue weighted by Gasteiger charge is 2.29. The van der Waals surface area contributed by atoms with Gasteiger partial charge in [0, 0.05) is 12.6 Å². The van der Waals surface area contributed by atoms with Crippen LogP contribution >= 0.6 is 0 Å². The fourth-order valence-corrected chi connectivity index (χ4v) is 2.50. The summed E-state index contributed by atoms with van der Waals surface area (Å²) >= 11 is 0. The Bertz CT molecular complexity index is 389. The molecule has 0 spiro atoms. The Morgan fingerprint density at radius 1 is 1.24 bits per heavy atom. The van der Waals surface area contributed by atoms with E-state index in [1.165, 1.54) is 19.3 Å². The molecule has 1 fully saturated rings. The van der Waals surface area contributed by atoms with Crippen molar-refractivity contribution in [1.29, 1.82) is 0 Å². The van der Waals surface area contributed by atoms with Gasteiger partial charge in [0.1, 0.15) is 0 Å². The minimum atomic E-state index is -0.388. The van der Waals surface area contributed by atoms with Gasteiger partial charge < -0.3 is 9.84 Å². The van der Waals surface area contributed by atoms with Gasteiger partial charge in [-0.2, -0.15) is 0 Å². The van der Waals surface area contributed by atoms with Gasteiger partial charge >= 0.3 is 0 Å². The molecule has 0 aromatic heterocycles. The lowest BCUT2D eigenvalue weighted by molar-refractivity contribution is 0.00783. The smallest absolute Gasteiger partial charge is 0.0900 e. The van der Waals surface area contributed by atoms with E-state index < -0.39 is 0 Å². The summed E-state index contributed by atoms with van der Waals surface area (Å²) in [5, 5.41) is 10.2. The molecular weight excluding hydrogens is 262 g/mol. The Morgan fingerprint density at radius 3 is 2.57 bits per heavy atom. The predicted molar refractivity (Wildman–Crippen MR) is 86.2 cm³/mol. The lowest BCUT2D eigenvalue weighted by atomic mass is 10.1. The number of rotatable bonds is 10. The van der Waals surface area contributed by atoms with E-state index in [9.17, 15) is 5.11 Å². The lowest BCUT2D eigenvalue weighted by Crippen LogP contribution is -2.37.